The Morgan fingerprint density at radius 2 is 1.86 bits per heavy atom. The molecule has 3 heteroatoms. The highest BCUT2D eigenvalue weighted by atomic mass is 79.9. The fourth-order valence-corrected chi connectivity index (χ4v) is 4.07. The van der Waals surface area contributed by atoms with Crippen LogP contribution in [0.4, 0.5) is 0 Å². The lowest BCUT2D eigenvalue weighted by molar-refractivity contribution is 0.606. The van der Waals surface area contributed by atoms with Crippen molar-refractivity contribution in [3.05, 3.63) is 68.8 Å². The second-order valence-corrected chi connectivity index (χ2v) is 7.63. The van der Waals surface area contributed by atoms with Gasteiger partial charge in [0.25, 0.3) is 0 Å². The van der Waals surface area contributed by atoms with E-state index in [9.17, 15) is 0 Å². The topological polar surface area (TPSA) is 12.0 Å². The molecule has 3 rings (SSSR count). The van der Waals surface area contributed by atoms with E-state index >= 15 is 0 Å². The SMILES string of the molecule is CCCNC(c1ccc2ccccc2c1)c1ccc(Br)s1. The van der Waals surface area contributed by atoms with Crippen LogP contribution in [0.25, 0.3) is 10.8 Å². The van der Waals surface area contributed by atoms with Crippen molar-refractivity contribution in [1.82, 2.24) is 5.32 Å². The third-order valence-corrected chi connectivity index (χ3v) is 5.27. The molecule has 1 heterocycles. The molecule has 108 valence electrons. The van der Waals surface area contributed by atoms with Crippen LogP contribution in [0.1, 0.15) is 29.8 Å². The van der Waals surface area contributed by atoms with Gasteiger partial charge in [-0.2, -0.15) is 0 Å². The second kappa shape index (κ2) is 6.73. The third kappa shape index (κ3) is 3.37. The second-order valence-electron chi connectivity index (χ2n) is 5.14. The van der Waals surface area contributed by atoms with Crippen LogP contribution in [0.15, 0.2) is 58.4 Å². The minimum Gasteiger partial charge on any atom is -0.306 e. The lowest BCUT2D eigenvalue weighted by Gasteiger charge is -2.18. The van der Waals surface area contributed by atoms with Crippen molar-refractivity contribution in [2.75, 3.05) is 6.54 Å². The van der Waals surface area contributed by atoms with Crippen molar-refractivity contribution in [2.24, 2.45) is 0 Å². The van der Waals surface area contributed by atoms with Gasteiger partial charge in [-0.15, -0.1) is 11.3 Å². The minimum absolute atomic E-state index is 0.269. The Kier molecular flexibility index (Phi) is 4.73. The van der Waals surface area contributed by atoms with E-state index in [2.05, 4.69) is 82.8 Å². The van der Waals surface area contributed by atoms with Crippen LogP contribution in [0.3, 0.4) is 0 Å². The highest BCUT2D eigenvalue weighted by Crippen LogP contribution is 2.32. The molecule has 1 nitrogen and oxygen atoms in total. The van der Waals surface area contributed by atoms with E-state index in [4.69, 9.17) is 0 Å². The van der Waals surface area contributed by atoms with Gasteiger partial charge in [-0.3, -0.25) is 0 Å². The number of halogens is 1. The molecule has 0 saturated carbocycles. The Morgan fingerprint density at radius 1 is 1.05 bits per heavy atom. The zero-order valence-electron chi connectivity index (χ0n) is 12.0. The molecule has 0 bridgehead atoms. The van der Waals surface area contributed by atoms with Crippen molar-refractivity contribution in [1.29, 1.82) is 0 Å². The summed E-state index contributed by atoms with van der Waals surface area (Å²) >= 11 is 5.37. The monoisotopic (exact) mass is 359 g/mol. The lowest BCUT2D eigenvalue weighted by Crippen LogP contribution is -2.22. The zero-order valence-corrected chi connectivity index (χ0v) is 14.4. The number of hydrogen-bond donors (Lipinski definition) is 1. The highest BCUT2D eigenvalue weighted by Gasteiger charge is 2.15. The normalized spacial score (nSPS) is 12.7. The van der Waals surface area contributed by atoms with Gasteiger partial charge in [0.1, 0.15) is 0 Å². The first kappa shape index (κ1) is 14.8. The van der Waals surface area contributed by atoms with Crippen molar-refractivity contribution in [2.45, 2.75) is 19.4 Å². The molecule has 0 fully saturated rings. The number of benzene rings is 2. The maximum absolute atomic E-state index is 3.67. The van der Waals surface area contributed by atoms with Crippen LogP contribution in [0.2, 0.25) is 0 Å². The van der Waals surface area contributed by atoms with Crippen LogP contribution < -0.4 is 5.32 Å². The van der Waals surface area contributed by atoms with E-state index in [-0.39, 0.29) is 6.04 Å². The molecule has 0 saturated heterocycles. The number of fused-ring (bicyclic) bond motifs is 1. The number of nitrogens with one attached hydrogen (secondary N) is 1. The Morgan fingerprint density at radius 3 is 2.57 bits per heavy atom. The fraction of sp³-hybridized carbons (Fsp3) is 0.222. The molecular weight excluding hydrogens is 342 g/mol. The molecule has 3 aromatic rings. The third-order valence-electron chi connectivity index (χ3n) is 3.58. The number of hydrogen-bond acceptors (Lipinski definition) is 2. The predicted molar refractivity (Wildman–Crippen MR) is 96.1 cm³/mol. The van der Waals surface area contributed by atoms with Crippen LogP contribution in [0, 0.1) is 0 Å². The summed E-state index contributed by atoms with van der Waals surface area (Å²) < 4.78 is 1.18. The Labute approximate surface area is 138 Å². The molecule has 2 aromatic carbocycles. The van der Waals surface area contributed by atoms with Crippen molar-refractivity contribution < 1.29 is 0 Å². The van der Waals surface area contributed by atoms with Gasteiger partial charge in [-0.1, -0.05) is 43.3 Å². The van der Waals surface area contributed by atoms with Crippen LogP contribution in [-0.4, -0.2) is 6.54 Å². The molecule has 0 aliphatic carbocycles. The summed E-state index contributed by atoms with van der Waals surface area (Å²) in [5, 5.41) is 6.26. The van der Waals surface area contributed by atoms with Gasteiger partial charge in [0.05, 0.1) is 9.83 Å². The van der Waals surface area contributed by atoms with E-state index in [1.54, 1.807) is 11.3 Å². The van der Waals surface area contributed by atoms with Crippen molar-refractivity contribution in [3.8, 4) is 0 Å². The maximum Gasteiger partial charge on any atom is 0.0702 e. The first-order valence-corrected chi connectivity index (χ1v) is 8.86. The Balaban J connectivity index is 2.00. The predicted octanol–water partition coefficient (Wildman–Crippen LogP) is 5.75. The van der Waals surface area contributed by atoms with E-state index in [1.807, 2.05) is 0 Å². The molecule has 1 atom stereocenters. The molecular formula is C18H18BrNS. The van der Waals surface area contributed by atoms with Gasteiger partial charge in [0.15, 0.2) is 0 Å². The van der Waals surface area contributed by atoms with Gasteiger partial charge >= 0.3 is 0 Å². The number of thiophene rings is 1. The minimum atomic E-state index is 0.269. The van der Waals surface area contributed by atoms with Gasteiger partial charge in [0, 0.05) is 4.88 Å². The quantitative estimate of drug-likeness (QED) is 0.611. The molecule has 1 aromatic heterocycles. The maximum atomic E-state index is 3.67. The summed E-state index contributed by atoms with van der Waals surface area (Å²) in [6, 6.07) is 19.9. The van der Waals surface area contributed by atoms with E-state index in [0.29, 0.717) is 0 Å². The standard InChI is InChI=1S/C18H18BrNS/c1-2-11-20-18(16-9-10-17(19)21-16)15-8-7-13-5-3-4-6-14(13)12-15/h3-10,12,18,20H,2,11H2,1H3. The fourth-order valence-electron chi connectivity index (χ4n) is 2.54. The lowest BCUT2D eigenvalue weighted by atomic mass is 10.0. The van der Waals surface area contributed by atoms with Gasteiger partial charge in [0.2, 0.25) is 0 Å². The first-order valence-electron chi connectivity index (χ1n) is 7.25. The van der Waals surface area contributed by atoms with Gasteiger partial charge < -0.3 is 5.32 Å². The zero-order chi connectivity index (χ0) is 14.7. The Hall–Kier alpha value is -1.16. The average molecular weight is 360 g/mol. The molecule has 1 unspecified atom stereocenters. The van der Waals surface area contributed by atoms with Gasteiger partial charge in [-0.25, -0.2) is 0 Å². The molecule has 0 spiro atoms. The molecule has 0 aliphatic rings. The first-order chi connectivity index (χ1) is 10.3. The van der Waals surface area contributed by atoms with Crippen LogP contribution in [-0.2, 0) is 0 Å². The van der Waals surface area contributed by atoms with Gasteiger partial charge in [-0.05, 0) is 63.4 Å². The summed E-state index contributed by atoms with van der Waals surface area (Å²) in [6.45, 7) is 3.22. The van der Waals surface area contributed by atoms with Crippen LogP contribution in [0.5, 0.6) is 0 Å². The van der Waals surface area contributed by atoms with E-state index < -0.39 is 0 Å². The highest BCUT2D eigenvalue weighted by molar-refractivity contribution is 9.11. The van der Waals surface area contributed by atoms with Crippen LogP contribution >= 0.6 is 27.3 Å². The molecule has 0 amide bonds. The Bertz CT molecular complexity index is 735. The largest absolute Gasteiger partial charge is 0.306 e. The van der Waals surface area contributed by atoms with E-state index in [0.717, 1.165) is 13.0 Å². The summed E-state index contributed by atoms with van der Waals surface area (Å²) in [5.41, 5.74) is 1.33. The average Bonchev–Trinajstić information content (AvgIpc) is 2.94. The summed E-state index contributed by atoms with van der Waals surface area (Å²) in [7, 11) is 0. The molecule has 21 heavy (non-hydrogen) atoms. The molecule has 0 radical (unpaired) electrons. The summed E-state index contributed by atoms with van der Waals surface area (Å²) in [5.74, 6) is 0. The van der Waals surface area contributed by atoms with Crippen molar-refractivity contribution >= 4 is 38.0 Å². The summed E-state index contributed by atoms with van der Waals surface area (Å²) in [4.78, 5) is 1.35. The molecule has 1 N–H and O–H groups in total. The van der Waals surface area contributed by atoms with Crippen molar-refractivity contribution in [3.63, 3.8) is 0 Å². The number of rotatable bonds is 5. The van der Waals surface area contributed by atoms with E-state index in [1.165, 1.54) is 25.0 Å². The summed E-state index contributed by atoms with van der Waals surface area (Å²) in [6.07, 6.45) is 1.14. The molecule has 0 aliphatic heterocycles. The smallest absolute Gasteiger partial charge is 0.0702 e.